The smallest absolute Gasteiger partial charge is 0.404 e. The van der Waals surface area contributed by atoms with Gasteiger partial charge in [-0.3, -0.25) is 4.98 Å². The Morgan fingerprint density at radius 1 is 1.50 bits per heavy atom. The molecule has 0 atom stereocenters. The van der Waals surface area contributed by atoms with Crippen molar-refractivity contribution in [3.05, 3.63) is 23.5 Å². The molecule has 1 aromatic rings. The summed E-state index contributed by atoms with van der Waals surface area (Å²) in [5, 5.41) is 8.76. The van der Waals surface area contributed by atoms with Crippen LogP contribution in [0.3, 0.4) is 0 Å². The van der Waals surface area contributed by atoms with Gasteiger partial charge in [-0.25, -0.2) is 0 Å². The van der Waals surface area contributed by atoms with Crippen LogP contribution in [0, 0.1) is 6.92 Å². The van der Waals surface area contributed by atoms with Gasteiger partial charge in [0.05, 0.1) is 12.8 Å². The van der Waals surface area contributed by atoms with Crippen LogP contribution in [0.2, 0.25) is 0 Å². The van der Waals surface area contributed by atoms with E-state index in [-0.39, 0.29) is 5.56 Å². The third-order valence-electron chi connectivity index (χ3n) is 1.48. The normalized spacial score (nSPS) is 11.5. The van der Waals surface area contributed by atoms with E-state index < -0.39 is 18.7 Å². The number of aryl methyl sites for hydroxylation is 1. The molecule has 1 rings (SSSR count). The fourth-order valence-electron chi connectivity index (χ4n) is 0.944. The zero-order valence-electron chi connectivity index (χ0n) is 7.30. The van der Waals surface area contributed by atoms with Gasteiger partial charge in [0, 0.05) is 11.3 Å². The molecule has 6 heteroatoms. The summed E-state index contributed by atoms with van der Waals surface area (Å²) in [6.07, 6.45) is -3.82. The van der Waals surface area contributed by atoms with Crippen molar-refractivity contribution in [2.75, 3.05) is 0 Å². The number of alkyl halides is 3. The summed E-state index contributed by atoms with van der Waals surface area (Å²) in [7, 11) is 0. The highest BCUT2D eigenvalue weighted by atomic mass is 19.4. The molecule has 78 valence electrons. The lowest BCUT2D eigenvalue weighted by molar-refractivity contribution is -0.275. The van der Waals surface area contributed by atoms with Crippen LogP contribution in [-0.4, -0.2) is 16.5 Å². The van der Waals surface area contributed by atoms with E-state index >= 15 is 0 Å². The van der Waals surface area contributed by atoms with Crippen LogP contribution < -0.4 is 4.74 Å². The van der Waals surface area contributed by atoms with Crippen molar-refractivity contribution in [1.82, 2.24) is 4.98 Å². The number of ether oxygens (including phenoxy) is 1. The highest BCUT2D eigenvalue weighted by molar-refractivity contribution is 5.31. The molecular weight excluding hydrogens is 199 g/mol. The van der Waals surface area contributed by atoms with Gasteiger partial charge < -0.3 is 9.84 Å². The second-order valence-corrected chi connectivity index (χ2v) is 2.64. The van der Waals surface area contributed by atoms with E-state index in [0.717, 1.165) is 6.20 Å². The second-order valence-electron chi connectivity index (χ2n) is 2.64. The molecule has 0 aromatic carbocycles. The minimum Gasteiger partial charge on any atom is -0.404 e. The van der Waals surface area contributed by atoms with Crippen LogP contribution in [0.25, 0.3) is 0 Å². The van der Waals surface area contributed by atoms with Crippen LogP contribution in [0.4, 0.5) is 13.2 Å². The molecule has 0 spiro atoms. The number of rotatable bonds is 2. The summed E-state index contributed by atoms with van der Waals surface area (Å²) >= 11 is 0. The quantitative estimate of drug-likeness (QED) is 0.803. The molecule has 0 unspecified atom stereocenters. The van der Waals surface area contributed by atoms with Gasteiger partial charge in [-0.15, -0.1) is 13.2 Å². The molecule has 0 saturated heterocycles. The fourth-order valence-corrected chi connectivity index (χ4v) is 0.944. The Bertz CT molecular complexity index is 325. The molecular formula is C8H8F3NO2. The largest absolute Gasteiger partial charge is 0.573 e. The molecule has 0 aliphatic carbocycles. The predicted octanol–water partition coefficient (Wildman–Crippen LogP) is 1.78. The second kappa shape index (κ2) is 3.83. The lowest BCUT2D eigenvalue weighted by Gasteiger charge is -2.11. The molecule has 0 aliphatic rings. The minimum absolute atomic E-state index is 0.0647. The number of aromatic nitrogens is 1. The van der Waals surface area contributed by atoms with E-state index in [2.05, 4.69) is 9.72 Å². The van der Waals surface area contributed by atoms with Crippen LogP contribution in [0.1, 0.15) is 11.3 Å². The number of pyridine rings is 1. The number of halogens is 3. The first-order valence-corrected chi connectivity index (χ1v) is 3.74. The summed E-state index contributed by atoms with van der Waals surface area (Å²) in [4.78, 5) is 3.64. The van der Waals surface area contributed by atoms with E-state index in [1.165, 1.54) is 6.07 Å². The van der Waals surface area contributed by atoms with Crippen LogP contribution >= 0.6 is 0 Å². The molecule has 1 heterocycles. The van der Waals surface area contributed by atoms with Gasteiger partial charge in [0.1, 0.15) is 0 Å². The maximum atomic E-state index is 11.8. The Morgan fingerprint density at radius 2 is 2.14 bits per heavy atom. The van der Waals surface area contributed by atoms with E-state index in [0.29, 0.717) is 5.69 Å². The molecule has 3 nitrogen and oxygen atoms in total. The number of aliphatic hydroxyl groups excluding tert-OH is 1. The highest BCUT2D eigenvalue weighted by Gasteiger charge is 2.32. The van der Waals surface area contributed by atoms with Gasteiger partial charge in [0.25, 0.3) is 0 Å². The first-order valence-electron chi connectivity index (χ1n) is 3.74. The van der Waals surface area contributed by atoms with Crippen molar-refractivity contribution >= 4 is 0 Å². The Labute approximate surface area is 78.2 Å². The molecule has 0 fully saturated rings. The average molecular weight is 207 g/mol. The van der Waals surface area contributed by atoms with Crippen molar-refractivity contribution in [2.24, 2.45) is 0 Å². The summed E-state index contributed by atoms with van der Waals surface area (Å²) in [5.41, 5.74) is 0.582. The van der Waals surface area contributed by atoms with E-state index in [1.54, 1.807) is 6.92 Å². The van der Waals surface area contributed by atoms with Crippen molar-refractivity contribution in [3.63, 3.8) is 0 Å². The minimum atomic E-state index is -4.76. The monoisotopic (exact) mass is 207 g/mol. The van der Waals surface area contributed by atoms with Crippen molar-refractivity contribution in [1.29, 1.82) is 0 Å². The lowest BCUT2D eigenvalue weighted by atomic mass is 10.2. The van der Waals surface area contributed by atoms with Gasteiger partial charge in [0.2, 0.25) is 0 Å². The summed E-state index contributed by atoms with van der Waals surface area (Å²) in [5.74, 6) is -0.467. The van der Waals surface area contributed by atoms with Crippen LogP contribution in [-0.2, 0) is 6.61 Å². The van der Waals surface area contributed by atoms with Gasteiger partial charge >= 0.3 is 6.36 Å². The molecule has 14 heavy (non-hydrogen) atoms. The number of aliphatic hydroxyl groups is 1. The maximum absolute atomic E-state index is 11.8. The fraction of sp³-hybridized carbons (Fsp3) is 0.375. The molecule has 0 aliphatic heterocycles. The lowest BCUT2D eigenvalue weighted by Crippen LogP contribution is -2.18. The van der Waals surface area contributed by atoms with Crippen LogP contribution in [0.5, 0.6) is 5.75 Å². The Hall–Kier alpha value is -1.30. The van der Waals surface area contributed by atoms with E-state index in [9.17, 15) is 13.2 Å². The van der Waals surface area contributed by atoms with Gasteiger partial charge in [0.15, 0.2) is 5.75 Å². The van der Waals surface area contributed by atoms with E-state index in [4.69, 9.17) is 5.11 Å². The number of nitrogens with zero attached hydrogens (tertiary/aromatic N) is 1. The van der Waals surface area contributed by atoms with Gasteiger partial charge in [-0.2, -0.15) is 0 Å². The third kappa shape index (κ3) is 2.88. The van der Waals surface area contributed by atoms with Gasteiger partial charge in [-0.1, -0.05) is 0 Å². The first-order chi connectivity index (χ1) is 6.42. The van der Waals surface area contributed by atoms with Crippen molar-refractivity contribution in [2.45, 2.75) is 19.9 Å². The third-order valence-corrected chi connectivity index (χ3v) is 1.48. The average Bonchev–Trinajstić information content (AvgIpc) is 2.06. The maximum Gasteiger partial charge on any atom is 0.573 e. The predicted molar refractivity (Wildman–Crippen MR) is 41.6 cm³/mol. The number of hydrogen-bond acceptors (Lipinski definition) is 3. The van der Waals surface area contributed by atoms with Gasteiger partial charge in [-0.05, 0) is 13.0 Å². The standard InChI is InChI=1S/C8H8F3NO2/c1-5-2-6(4-13)7(3-12-5)14-8(9,10)11/h2-3,13H,4H2,1H3. The Kier molecular flexibility index (Phi) is 2.95. The Morgan fingerprint density at radius 3 is 2.64 bits per heavy atom. The van der Waals surface area contributed by atoms with Crippen molar-refractivity contribution in [3.8, 4) is 5.75 Å². The van der Waals surface area contributed by atoms with Crippen molar-refractivity contribution < 1.29 is 23.0 Å². The molecule has 0 saturated carbocycles. The molecule has 1 aromatic heterocycles. The van der Waals surface area contributed by atoms with Crippen LogP contribution in [0.15, 0.2) is 12.3 Å². The summed E-state index contributed by atoms with van der Waals surface area (Å²) < 4.78 is 39.1. The summed E-state index contributed by atoms with van der Waals surface area (Å²) in [6, 6.07) is 1.33. The first kappa shape index (κ1) is 10.8. The topological polar surface area (TPSA) is 42.4 Å². The zero-order valence-corrected chi connectivity index (χ0v) is 7.30. The SMILES string of the molecule is Cc1cc(CO)c(OC(F)(F)F)cn1. The molecule has 0 bridgehead atoms. The molecule has 0 radical (unpaired) electrons. The highest BCUT2D eigenvalue weighted by Crippen LogP contribution is 2.25. The summed E-state index contributed by atoms with van der Waals surface area (Å²) in [6.45, 7) is 1.09. The number of hydrogen-bond donors (Lipinski definition) is 1. The van der Waals surface area contributed by atoms with E-state index in [1.807, 2.05) is 0 Å². The Balaban J connectivity index is 2.97. The molecule has 1 N–H and O–H groups in total. The zero-order chi connectivity index (χ0) is 10.8. The molecule has 0 amide bonds.